The Morgan fingerprint density at radius 3 is 2.76 bits per heavy atom. The molecule has 7 heteroatoms. The second-order valence-electron chi connectivity index (χ2n) is 8.04. The maximum atomic E-state index is 12.6. The SMILES string of the molecule is C=CC(=O)N1CCC(c2cc(-c3ccnc(NC(=O)c4ccccc4)c3)n3cnccc23)C1. The third kappa shape index (κ3) is 4.01. The van der Waals surface area contributed by atoms with Crippen LogP contribution in [0.25, 0.3) is 16.8 Å². The molecule has 0 bridgehead atoms. The topological polar surface area (TPSA) is 79.6 Å². The van der Waals surface area contributed by atoms with Crippen LogP contribution in [0.15, 0.2) is 86.0 Å². The molecule has 1 unspecified atom stereocenters. The summed E-state index contributed by atoms with van der Waals surface area (Å²) in [5.74, 6) is 0.473. The predicted molar refractivity (Wildman–Crippen MR) is 127 cm³/mol. The molecule has 4 aromatic rings. The number of hydrogen-bond acceptors (Lipinski definition) is 4. The minimum atomic E-state index is -0.208. The van der Waals surface area contributed by atoms with E-state index in [1.165, 1.54) is 11.6 Å². The van der Waals surface area contributed by atoms with Gasteiger partial charge in [0.15, 0.2) is 0 Å². The number of amides is 2. The van der Waals surface area contributed by atoms with Crippen LogP contribution in [0.5, 0.6) is 0 Å². The summed E-state index contributed by atoms with van der Waals surface area (Å²) in [5, 5.41) is 2.87. The number of likely N-dealkylation sites (tertiary alicyclic amines) is 1. The van der Waals surface area contributed by atoms with Crippen molar-refractivity contribution < 1.29 is 9.59 Å². The number of pyridine rings is 1. The maximum absolute atomic E-state index is 12.6. The lowest BCUT2D eigenvalue weighted by Crippen LogP contribution is -2.26. The summed E-state index contributed by atoms with van der Waals surface area (Å²) in [6.07, 6.45) is 7.53. The monoisotopic (exact) mass is 437 g/mol. The van der Waals surface area contributed by atoms with Crippen LogP contribution < -0.4 is 5.32 Å². The first-order chi connectivity index (χ1) is 16.1. The quantitative estimate of drug-likeness (QED) is 0.476. The zero-order valence-corrected chi connectivity index (χ0v) is 18.0. The summed E-state index contributed by atoms with van der Waals surface area (Å²) in [5.41, 5.74) is 4.69. The molecule has 7 nitrogen and oxygen atoms in total. The summed E-state index contributed by atoms with van der Waals surface area (Å²) in [7, 11) is 0. The summed E-state index contributed by atoms with van der Waals surface area (Å²) in [4.78, 5) is 35.1. The fraction of sp³-hybridized carbons (Fsp3) is 0.154. The van der Waals surface area contributed by atoms with Crippen molar-refractivity contribution in [3.8, 4) is 11.3 Å². The normalized spacial score (nSPS) is 15.5. The van der Waals surface area contributed by atoms with E-state index in [2.05, 4.69) is 27.9 Å². The average molecular weight is 438 g/mol. The molecular formula is C26H23N5O2. The highest BCUT2D eigenvalue weighted by atomic mass is 16.2. The van der Waals surface area contributed by atoms with Crippen LogP contribution in [0, 0.1) is 0 Å². The molecule has 2 amide bonds. The summed E-state index contributed by atoms with van der Waals surface area (Å²) < 4.78 is 2.05. The first-order valence-electron chi connectivity index (χ1n) is 10.8. The van der Waals surface area contributed by atoms with Gasteiger partial charge >= 0.3 is 0 Å². The maximum Gasteiger partial charge on any atom is 0.256 e. The molecule has 1 atom stereocenters. The summed E-state index contributed by atoms with van der Waals surface area (Å²) in [6, 6.07) is 17.0. The van der Waals surface area contributed by atoms with Crippen molar-refractivity contribution in [2.75, 3.05) is 18.4 Å². The molecule has 164 valence electrons. The number of fused-ring (bicyclic) bond motifs is 1. The van der Waals surface area contributed by atoms with Gasteiger partial charge in [-0.05, 0) is 54.5 Å². The summed E-state index contributed by atoms with van der Waals surface area (Å²) in [6.45, 7) is 4.99. The molecule has 1 saturated heterocycles. The fourth-order valence-electron chi connectivity index (χ4n) is 4.41. The molecule has 33 heavy (non-hydrogen) atoms. The average Bonchev–Trinajstić information content (AvgIpc) is 3.49. The molecule has 0 saturated carbocycles. The minimum Gasteiger partial charge on any atom is -0.339 e. The number of nitrogens with zero attached hydrogens (tertiary/aromatic N) is 4. The van der Waals surface area contributed by atoms with Crippen molar-refractivity contribution in [1.29, 1.82) is 0 Å². The lowest BCUT2D eigenvalue weighted by atomic mass is 9.99. The molecule has 1 N–H and O–H groups in total. The van der Waals surface area contributed by atoms with E-state index in [-0.39, 0.29) is 17.7 Å². The third-order valence-electron chi connectivity index (χ3n) is 6.06. The standard InChI is InChI=1S/C26H23N5O2/c1-2-25(32)30-13-10-20(16-30)21-15-23(31-17-27-11-9-22(21)31)19-8-12-28-24(14-19)29-26(33)18-6-4-3-5-7-18/h2-9,11-12,14-15,17,20H,1,10,13,16H2,(H,28,29,33). The van der Waals surface area contributed by atoms with E-state index in [4.69, 9.17) is 0 Å². The number of carbonyl (C=O) groups is 2. The number of benzene rings is 1. The van der Waals surface area contributed by atoms with Crippen molar-refractivity contribution in [1.82, 2.24) is 19.3 Å². The van der Waals surface area contributed by atoms with E-state index in [1.54, 1.807) is 30.9 Å². The molecule has 0 aliphatic carbocycles. The van der Waals surface area contributed by atoms with Gasteiger partial charge in [0, 0.05) is 42.5 Å². The van der Waals surface area contributed by atoms with Gasteiger partial charge in [-0.1, -0.05) is 24.8 Å². The predicted octanol–water partition coefficient (Wildman–Crippen LogP) is 4.15. The third-order valence-corrected chi connectivity index (χ3v) is 6.06. The van der Waals surface area contributed by atoms with Gasteiger partial charge in [-0.3, -0.25) is 9.59 Å². The molecule has 5 rings (SSSR count). The second kappa shape index (κ2) is 8.70. The molecule has 0 spiro atoms. The van der Waals surface area contributed by atoms with Crippen LogP contribution >= 0.6 is 0 Å². The van der Waals surface area contributed by atoms with E-state index in [1.807, 2.05) is 45.7 Å². The zero-order chi connectivity index (χ0) is 22.8. The molecule has 1 aromatic carbocycles. The number of rotatable bonds is 5. The number of hydrogen-bond donors (Lipinski definition) is 1. The van der Waals surface area contributed by atoms with Crippen LogP contribution in [0.3, 0.4) is 0 Å². The van der Waals surface area contributed by atoms with E-state index in [9.17, 15) is 9.59 Å². The van der Waals surface area contributed by atoms with Crippen molar-refractivity contribution in [2.24, 2.45) is 0 Å². The molecular weight excluding hydrogens is 414 g/mol. The van der Waals surface area contributed by atoms with E-state index in [0.29, 0.717) is 17.9 Å². The summed E-state index contributed by atoms with van der Waals surface area (Å²) >= 11 is 0. The van der Waals surface area contributed by atoms with E-state index < -0.39 is 0 Å². The highest BCUT2D eigenvalue weighted by molar-refractivity contribution is 6.03. The smallest absolute Gasteiger partial charge is 0.256 e. The molecule has 1 fully saturated rings. The lowest BCUT2D eigenvalue weighted by Gasteiger charge is -2.13. The van der Waals surface area contributed by atoms with Gasteiger partial charge in [0.25, 0.3) is 5.91 Å². The van der Waals surface area contributed by atoms with Crippen molar-refractivity contribution >= 4 is 23.1 Å². The van der Waals surface area contributed by atoms with Crippen LogP contribution in [-0.2, 0) is 4.79 Å². The molecule has 3 aromatic heterocycles. The Hall–Kier alpha value is -4.26. The highest BCUT2D eigenvalue weighted by Crippen LogP contribution is 2.35. The Morgan fingerprint density at radius 2 is 1.94 bits per heavy atom. The molecule has 1 aliphatic rings. The Bertz CT molecular complexity index is 1350. The van der Waals surface area contributed by atoms with Crippen LogP contribution in [-0.4, -0.2) is 44.2 Å². The minimum absolute atomic E-state index is 0.0316. The van der Waals surface area contributed by atoms with Crippen LogP contribution in [0.2, 0.25) is 0 Å². The Kier molecular flexibility index (Phi) is 5.44. The van der Waals surface area contributed by atoms with Gasteiger partial charge in [-0.2, -0.15) is 0 Å². The van der Waals surface area contributed by atoms with Crippen molar-refractivity contribution in [3.05, 3.63) is 97.1 Å². The van der Waals surface area contributed by atoms with Crippen molar-refractivity contribution in [2.45, 2.75) is 12.3 Å². The van der Waals surface area contributed by atoms with Gasteiger partial charge in [0.05, 0.1) is 17.5 Å². The molecule has 4 heterocycles. The van der Waals surface area contributed by atoms with Crippen LogP contribution in [0.1, 0.15) is 28.3 Å². The first kappa shape index (κ1) is 20.6. The Labute approximate surface area is 191 Å². The second-order valence-corrected chi connectivity index (χ2v) is 8.04. The van der Waals surface area contributed by atoms with Gasteiger partial charge in [0.1, 0.15) is 5.82 Å². The lowest BCUT2D eigenvalue weighted by molar-refractivity contribution is -0.125. The van der Waals surface area contributed by atoms with Gasteiger partial charge < -0.3 is 14.6 Å². The number of carbonyl (C=O) groups excluding carboxylic acids is 2. The largest absolute Gasteiger partial charge is 0.339 e. The zero-order valence-electron chi connectivity index (χ0n) is 18.0. The van der Waals surface area contributed by atoms with Crippen molar-refractivity contribution in [3.63, 3.8) is 0 Å². The number of anilines is 1. The molecule has 1 aliphatic heterocycles. The van der Waals surface area contributed by atoms with Gasteiger partial charge in [-0.15, -0.1) is 0 Å². The Morgan fingerprint density at radius 1 is 1.09 bits per heavy atom. The fourth-order valence-corrected chi connectivity index (χ4v) is 4.41. The van der Waals surface area contributed by atoms with Gasteiger partial charge in [-0.25, -0.2) is 9.97 Å². The molecule has 0 radical (unpaired) electrons. The highest BCUT2D eigenvalue weighted by Gasteiger charge is 2.28. The van der Waals surface area contributed by atoms with Crippen LogP contribution in [0.4, 0.5) is 5.82 Å². The Balaban J connectivity index is 1.47. The van der Waals surface area contributed by atoms with E-state index >= 15 is 0 Å². The van der Waals surface area contributed by atoms with E-state index in [0.717, 1.165) is 29.7 Å². The first-order valence-corrected chi connectivity index (χ1v) is 10.8. The number of aromatic nitrogens is 3. The number of nitrogens with one attached hydrogen (secondary N) is 1. The van der Waals surface area contributed by atoms with Gasteiger partial charge in [0.2, 0.25) is 5.91 Å².